The molecule has 1 heterocycles. The van der Waals surface area contributed by atoms with E-state index in [9.17, 15) is 14.0 Å². The van der Waals surface area contributed by atoms with E-state index in [0.29, 0.717) is 27.8 Å². The van der Waals surface area contributed by atoms with Crippen molar-refractivity contribution in [3.8, 4) is 5.75 Å². The molecule has 0 bridgehead atoms. The molecule has 0 atom stereocenters. The zero-order chi connectivity index (χ0) is 18.1. The number of benzene rings is 2. The number of ether oxygens (including phenoxy) is 1. The largest absolute Gasteiger partial charge is 0.485 e. The molecule has 0 aliphatic rings. The van der Waals surface area contributed by atoms with E-state index in [-0.39, 0.29) is 18.0 Å². The normalized spacial score (nSPS) is 10.9. The minimum atomic E-state index is -0.400. The minimum Gasteiger partial charge on any atom is -0.485 e. The summed E-state index contributed by atoms with van der Waals surface area (Å²) in [6, 6.07) is 8.87. The van der Waals surface area contributed by atoms with Gasteiger partial charge in [0.05, 0.1) is 5.39 Å². The monoisotopic (exact) mass is 340 g/mol. The van der Waals surface area contributed by atoms with Gasteiger partial charge in [0.25, 0.3) is 0 Å². The van der Waals surface area contributed by atoms with Crippen LogP contribution in [0.3, 0.4) is 0 Å². The number of carbonyl (C=O) groups excluding carboxylic acids is 1. The van der Waals surface area contributed by atoms with Crippen molar-refractivity contribution in [3.05, 3.63) is 74.9 Å². The van der Waals surface area contributed by atoms with Gasteiger partial charge in [-0.3, -0.25) is 4.79 Å². The lowest BCUT2D eigenvalue weighted by Gasteiger charge is -2.12. The molecule has 0 amide bonds. The molecule has 0 aliphatic carbocycles. The molecule has 0 N–H and O–H groups in total. The molecule has 128 valence electrons. The van der Waals surface area contributed by atoms with Crippen molar-refractivity contribution in [2.75, 3.05) is 6.61 Å². The summed E-state index contributed by atoms with van der Waals surface area (Å²) in [5, 5.41) is 0.676. The molecule has 0 fully saturated rings. The van der Waals surface area contributed by atoms with E-state index in [1.807, 2.05) is 13.8 Å². The first-order chi connectivity index (χ1) is 11.9. The highest BCUT2D eigenvalue weighted by Crippen LogP contribution is 2.30. The van der Waals surface area contributed by atoms with E-state index in [0.717, 1.165) is 11.1 Å². The molecule has 0 radical (unpaired) electrons. The molecule has 3 aromatic rings. The van der Waals surface area contributed by atoms with Crippen LogP contribution in [0, 0.1) is 26.6 Å². The summed E-state index contributed by atoms with van der Waals surface area (Å²) in [5.41, 5.74) is 2.53. The first kappa shape index (κ1) is 16.9. The Morgan fingerprint density at radius 2 is 1.76 bits per heavy atom. The molecule has 5 heteroatoms. The van der Waals surface area contributed by atoms with Gasteiger partial charge in [0.1, 0.15) is 17.1 Å². The average Bonchev–Trinajstić information content (AvgIpc) is 2.57. The predicted molar refractivity (Wildman–Crippen MR) is 92.9 cm³/mol. The molecule has 0 unspecified atom stereocenters. The number of hydrogen-bond donors (Lipinski definition) is 0. The zero-order valence-corrected chi connectivity index (χ0v) is 14.2. The first-order valence-corrected chi connectivity index (χ1v) is 7.83. The van der Waals surface area contributed by atoms with Gasteiger partial charge in [-0.1, -0.05) is 0 Å². The molecule has 2 aromatic carbocycles. The first-order valence-electron chi connectivity index (χ1n) is 7.83. The fraction of sp³-hybridized carbons (Fsp3) is 0.200. The van der Waals surface area contributed by atoms with Gasteiger partial charge in [0, 0.05) is 11.1 Å². The maximum absolute atomic E-state index is 13.0. The highest BCUT2D eigenvalue weighted by atomic mass is 19.1. The van der Waals surface area contributed by atoms with Crippen LogP contribution >= 0.6 is 0 Å². The van der Waals surface area contributed by atoms with Gasteiger partial charge in [-0.25, -0.2) is 9.18 Å². The Balaban J connectivity index is 1.96. The van der Waals surface area contributed by atoms with Crippen LogP contribution in [0.5, 0.6) is 5.75 Å². The van der Waals surface area contributed by atoms with Crippen molar-refractivity contribution >= 4 is 16.8 Å². The van der Waals surface area contributed by atoms with Crippen LogP contribution in [-0.2, 0) is 0 Å². The molecule has 3 rings (SSSR count). The van der Waals surface area contributed by atoms with E-state index < -0.39 is 5.82 Å². The molecule has 0 spiro atoms. The zero-order valence-electron chi connectivity index (χ0n) is 14.2. The highest BCUT2D eigenvalue weighted by molar-refractivity contribution is 5.97. The Hall–Kier alpha value is -2.95. The summed E-state index contributed by atoms with van der Waals surface area (Å²) in [6.07, 6.45) is 0. The smallest absolute Gasteiger partial charge is 0.339 e. The number of aryl methyl sites for hydroxylation is 2. The standard InChI is InChI=1S/C20H17FO4/c1-11-8-17(19-12(2)13(3)20(23)25-18(19)9-11)24-10-16(22)14-4-6-15(21)7-5-14/h4-9H,10H2,1-3H3. The lowest BCUT2D eigenvalue weighted by molar-refractivity contribution is 0.0922. The number of fused-ring (bicyclic) bond motifs is 1. The molecule has 1 aromatic heterocycles. The van der Waals surface area contributed by atoms with E-state index in [1.165, 1.54) is 24.3 Å². The summed E-state index contributed by atoms with van der Waals surface area (Å²) in [6.45, 7) is 5.16. The fourth-order valence-electron chi connectivity index (χ4n) is 2.66. The van der Waals surface area contributed by atoms with Crippen molar-refractivity contribution in [2.24, 2.45) is 0 Å². The summed E-state index contributed by atoms with van der Waals surface area (Å²) >= 11 is 0. The Morgan fingerprint density at radius 1 is 1.08 bits per heavy atom. The quantitative estimate of drug-likeness (QED) is 0.529. The molecule has 0 saturated heterocycles. The number of halogens is 1. The third-order valence-electron chi connectivity index (χ3n) is 4.18. The number of carbonyl (C=O) groups is 1. The number of Topliss-reactive ketones (excluding diaryl/α,β-unsaturated/α-hetero) is 1. The van der Waals surface area contributed by atoms with Gasteiger partial charge in [-0.05, 0) is 68.3 Å². The Labute approximate surface area is 143 Å². The van der Waals surface area contributed by atoms with Crippen molar-refractivity contribution in [3.63, 3.8) is 0 Å². The van der Waals surface area contributed by atoms with Crippen LogP contribution in [0.1, 0.15) is 27.0 Å². The van der Waals surface area contributed by atoms with Gasteiger partial charge >= 0.3 is 5.63 Å². The van der Waals surface area contributed by atoms with Crippen molar-refractivity contribution in [1.82, 2.24) is 0 Å². The van der Waals surface area contributed by atoms with E-state index in [1.54, 1.807) is 19.1 Å². The van der Waals surface area contributed by atoms with Crippen LogP contribution in [0.15, 0.2) is 45.6 Å². The molecule has 4 nitrogen and oxygen atoms in total. The van der Waals surface area contributed by atoms with Gasteiger partial charge < -0.3 is 9.15 Å². The number of hydrogen-bond acceptors (Lipinski definition) is 4. The van der Waals surface area contributed by atoms with Crippen LogP contribution in [0.2, 0.25) is 0 Å². The molecule has 0 aliphatic heterocycles. The second kappa shape index (κ2) is 6.51. The van der Waals surface area contributed by atoms with Crippen molar-refractivity contribution < 1.29 is 18.3 Å². The highest BCUT2D eigenvalue weighted by Gasteiger charge is 2.15. The second-order valence-corrected chi connectivity index (χ2v) is 5.99. The topological polar surface area (TPSA) is 56.5 Å². The maximum Gasteiger partial charge on any atom is 0.339 e. The van der Waals surface area contributed by atoms with Gasteiger partial charge in [-0.15, -0.1) is 0 Å². The molecular formula is C20H17FO4. The number of ketones is 1. The summed E-state index contributed by atoms with van der Waals surface area (Å²) in [4.78, 5) is 24.1. The van der Waals surface area contributed by atoms with Crippen LogP contribution in [0.4, 0.5) is 4.39 Å². The Morgan fingerprint density at radius 3 is 2.44 bits per heavy atom. The van der Waals surface area contributed by atoms with Crippen molar-refractivity contribution in [1.29, 1.82) is 0 Å². The minimum absolute atomic E-state index is 0.193. The summed E-state index contributed by atoms with van der Waals surface area (Å²) in [5.74, 6) is -0.181. The van der Waals surface area contributed by atoms with Crippen molar-refractivity contribution in [2.45, 2.75) is 20.8 Å². The second-order valence-electron chi connectivity index (χ2n) is 5.99. The number of rotatable bonds is 4. The van der Waals surface area contributed by atoms with Crippen LogP contribution in [0.25, 0.3) is 11.0 Å². The van der Waals surface area contributed by atoms with Crippen LogP contribution in [-0.4, -0.2) is 12.4 Å². The molecule has 25 heavy (non-hydrogen) atoms. The van der Waals surface area contributed by atoms with Gasteiger partial charge in [-0.2, -0.15) is 0 Å². The predicted octanol–water partition coefficient (Wildman–Crippen LogP) is 4.12. The van der Waals surface area contributed by atoms with Gasteiger partial charge in [0.2, 0.25) is 0 Å². The van der Waals surface area contributed by atoms with Crippen LogP contribution < -0.4 is 10.4 Å². The Kier molecular flexibility index (Phi) is 4.40. The fourth-order valence-corrected chi connectivity index (χ4v) is 2.66. The van der Waals surface area contributed by atoms with E-state index in [4.69, 9.17) is 9.15 Å². The molecular weight excluding hydrogens is 323 g/mol. The maximum atomic E-state index is 13.0. The van der Waals surface area contributed by atoms with E-state index in [2.05, 4.69) is 0 Å². The third-order valence-corrected chi connectivity index (χ3v) is 4.18. The third kappa shape index (κ3) is 3.31. The SMILES string of the molecule is Cc1cc(OCC(=O)c2ccc(F)cc2)c2c(C)c(C)c(=O)oc2c1. The summed E-state index contributed by atoms with van der Waals surface area (Å²) < 4.78 is 24.0. The Bertz CT molecular complexity index is 1020. The molecule has 0 saturated carbocycles. The van der Waals surface area contributed by atoms with Gasteiger partial charge in [0.15, 0.2) is 12.4 Å². The summed E-state index contributed by atoms with van der Waals surface area (Å²) in [7, 11) is 0. The average molecular weight is 340 g/mol. The van der Waals surface area contributed by atoms with E-state index >= 15 is 0 Å². The lowest BCUT2D eigenvalue weighted by Crippen LogP contribution is -2.13. The lowest BCUT2D eigenvalue weighted by atomic mass is 10.0.